The number of rotatable bonds is 1. The molecule has 1 aliphatic heterocycles. The summed E-state index contributed by atoms with van der Waals surface area (Å²) in [6, 6.07) is 0.707. The van der Waals surface area contributed by atoms with Crippen molar-refractivity contribution in [1.29, 1.82) is 0 Å². The molecule has 17 heavy (non-hydrogen) atoms. The fourth-order valence-corrected chi connectivity index (χ4v) is 3.59. The number of hydrogen-bond acceptors (Lipinski definition) is 2. The number of imidazole rings is 1. The predicted octanol–water partition coefficient (Wildman–Crippen LogP) is 2.59. The summed E-state index contributed by atoms with van der Waals surface area (Å²) in [5.41, 5.74) is 2.81. The molecule has 0 aromatic carbocycles. The van der Waals surface area contributed by atoms with Crippen LogP contribution in [0.5, 0.6) is 0 Å². The average molecular weight is 233 g/mol. The van der Waals surface area contributed by atoms with Crippen LogP contribution in [-0.4, -0.2) is 16.1 Å². The summed E-state index contributed by atoms with van der Waals surface area (Å²) in [5, 5.41) is 3.42. The fraction of sp³-hybridized carbons (Fsp3) is 0.786. The standard InChI is InChI=1S/C14H23N3/c1-10-5-3-4-6-13(10)17-11(2)16-12-9-15-8-7-14(12)17/h10,13,15H,3-9H2,1-2H3. The maximum atomic E-state index is 4.76. The van der Waals surface area contributed by atoms with Crippen LogP contribution < -0.4 is 5.32 Å². The van der Waals surface area contributed by atoms with Gasteiger partial charge in [-0.3, -0.25) is 0 Å². The molecule has 0 amide bonds. The molecule has 0 bridgehead atoms. The van der Waals surface area contributed by atoms with E-state index >= 15 is 0 Å². The Morgan fingerprint density at radius 1 is 1.29 bits per heavy atom. The minimum Gasteiger partial charge on any atom is -0.329 e. The van der Waals surface area contributed by atoms with Crippen LogP contribution >= 0.6 is 0 Å². The van der Waals surface area contributed by atoms with Gasteiger partial charge in [0.1, 0.15) is 5.82 Å². The summed E-state index contributed by atoms with van der Waals surface area (Å²) >= 11 is 0. The van der Waals surface area contributed by atoms with Gasteiger partial charge in [-0.1, -0.05) is 19.8 Å². The summed E-state index contributed by atoms with van der Waals surface area (Å²) in [4.78, 5) is 4.76. The van der Waals surface area contributed by atoms with E-state index in [9.17, 15) is 0 Å². The van der Waals surface area contributed by atoms with E-state index in [0.29, 0.717) is 6.04 Å². The van der Waals surface area contributed by atoms with Gasteiger partial charge in [-0.2, -0.15) is 0 Å². The first-order chi connectivity index (χ1) is 8.27. The van der Waals surface area contributed by atoms with Crippen molar-refractivity contribution < 1.29 is 0 Å². The van der Waals surface area contributed by atoms with E-state index in [-0.39, 0.29) is 0 Å². The Balaban J connectivity index is 1.98. The van der Waals surface area contributed by atoms with Gasteiger partial charge >= 0.3 is 0 Å². The smallest absolute Gasteiger partial charge is 0.106 e. The summed E-state index contributed by atoms with van der Waals surface area (Å²) in [7, 11) is 0. The molecular formula is C14H23N3. The normalized spacial score (nSPS) is 29.1. The van der Waals surface area contributed by atoms with Crippen LogP contribution in [-0.2, 0) is 13.0 Å². The van der Waals surface area contributed by atoms with Crippen LogP contribution in [0, 0.1) is 12.8 Å². The average Bonchev–Trinajstić information content (AvgIpc) is 2.66. The number of nitrogens with zero attached hydrogens (tertiary/aromatic N) is 2. The molecule has 1 aliphatic carbocycles. The van der Waals surface area contributed by atoms with E-state index in [0.717, 1.165) is 25.4 Å². The lowest BCUT2D eigenvalue weighted by molar-refractivity contribution is 0.249. The second-order valence-electron chi connectivity index (χ2n) is 5.68. The van der Waals surface area contributed by atoms with E-state index in [1.165, 1.54) is 42.9 Å². The van der Waals surface area contributed by atoms with E-state index in [1.807, 2.05) is 0 Å². The molecule has 94 valence electrons. The van der Waals surface area contributed by atoms with Crippen molar-refractivity contribution in [2.24, 2.45) is 5.92 Å². The van der Waals surface area contributed by atoms with Gasteiger partial charge in [-0.05, 0) is 25.7 Å². The van der Waals surface area contributed by atoms with Crippen molar-refractivity contribution in [1.82, 2.24) is 14.9 Å². The highest BCUT2D eigenvalue weighted by atomic mass is 15.1. The molecule has 0 saturated heterocycles. The summed E-state index contributed by atoms with van der Waals surface area (Å²) in [5.74, 6) is 2.05. The van der Waals surface area contributed by atoms with Crippen LogP contribution in [0.3, 0.4) is 0 Å². The zero-order valence-electron chi connectivity index (χ0n) is 11.0. The topological polar surface area (TPSA) is 29.9 Å². The Kier molecular flexibility index (Phi) is 2.95. The number of nitrogens with one attached hydrogen (secondary N) is 1. The van der Waals surface area contributed by atoms with E-state index in [2.05, 4.69) is 23.7 Å². The lowest BCUT2D eigenvalue weighted by atomic mass is 9.85. The molecular weight excluding hydrogens is 210 g/mol. The Morgan fingerprint density at radius 2 is 2.12 bits per heavy atom. The zero-order valence-corrected chi connectivity index (χ0v) is 11.0. The summed E-state index contributed by atoms with van der Waals surface area (Å²) in [6.07, 6.45) is 6.68. The highest BCUT2D eigenvalue weighted by molar-refractivity contribution is 5.21. The quantitative estimate of drug-likeness (QED) is 0.808. The van der Waals surface area contributed by atoms with E-state index in [1.54, 1.807) is 0 Å². The minimum absolute atomic E-state index is 0.707. The molecule has 2 aliphatic rings. The van der Waals surface area contributed by atoms with Crippen LogP contribution in [0.25, 0.3) is 0 Å². The zero-order chi connectivity index (χ0) is 11.8. The highest BCUT2D eigenvalue weighted by Crippen LogP contribution is 2.36. The highest BCUT2D eigenvalue weighted by Gasteiger charge is 2.28. The van der Waals surface area contributed by atoms with Crippen molar-refractivity contribution in [2.45, 2.75) is 58.5 Å². The fourth-order valence-electron chi connectivity index (χ4n) is 3.59. The van der Waals surface area contributed by atoms with Gasteiger partial charge in [0.2, 0.25) is 0 Å². The lowest BCUT2D eigenvalue weighted by Crippen LogP contribution is -2.28. The van der Waals surface area contributed by atoms with Gasteiger partial charge in [0.15, 0.2) is 0 Å². The molecule has 2 heterocycles. The van der Waals surface area contributed by atoms with Gasteiger partial charge in [0.25, 0.3) is 0 Å². The van der Waals surface area contributed by atoms with Crippen molar-refractivity contribution in [3.63, 3.8) is 0 Å². The number of fused-ring (bicyclic) bond motifs is 1. The van der Waals surface area contributed by atoms with Gasteiger partial charge < -0.3 is 9.88 Å². The molecule has 1 fully saturated rings. The van der Waals surface area contributed by atoms with Crippen molar-refractivity contribution in [3.05, 3.63) is 17.2 Å². The monoisotopic (exact) mass is 233 g/mol. The summed E-state index contributed by atoms with van der Waals surface area (Å²) < 4.78 is 2.57. The Morgan fingerprint density at radius 3 is 2.94 bits per heavy atom. The van der Waals surface area contributed by atoms with E-state index in [4.69, 9.17) is 4.98 Å². The second kappa shape index (κ2) is 4.45. The molecule has 1 aromatic rings. The molecule has 1 saturated carbocycles. The first-order valence-corrected chi connectivity index (χ1v) is 7.04. The molecule has 1 aromatic heterocycles. The third kappa shape index (κ3) is 1.90. The molecule has 3 heteroatoms. The Bertz CT molecular complexity index is 408. The minimum atomic E-state index is 0.707. The molecule has 2 unspecified atom stereocenters. The maximum Gasteiger partial charge on any atom is 0.106 e. The van der Waals surface area contributed by atoms with Crippen molar-refractivity contribution >= 4 is 0 Å². The van der Waals surface area contributed by atoms with Crippen LogP contribution in [0.2, 0.25) is 0 Å². The van der Waals surface area contributed by atoms with Crippen LogP contribution in [0.15, 0.2) is 0 Å². The Hall–Kier alpha value is -0.830. The van der Waals surface area contributed by atoms with Gasteiger partial charge in [-0.25, -0.2) is 4.98 Å². The van der Waals surface area contributed by atoms with Gasteiger partial charge in [0.05, 0.1) is 5.69 Å². The molecule has 3 nitrogen and oxygen atoms in total. The third-order valence-corrected chi connectivity index (χ3v) is 4.50. The maximum absolute atomic E-state index is 4.76. The second-order valence-corrected chi connectivity index (χ2v) is 5.68. The Labute approximate surface area is 104 Å². The van der Waals surface area contributed by atoms with Crippen LogP contribution in [0.4, 0.5) is 0 Å². The third-order valence-electron chi connectivity index (χ3n) is 4.50. The number of aromatic nitrogens is 2. The molecule has 1 N–H and O–H groups in total. The van der Waals surface area contributed by atoms with Crippen molar-refractivity contribution in [2.75, 3.05) is 6.54 Å². The van der Waals surface area contributed by atoms with E-state index < -0.39 is 0 Å². The molecule has 3 rings (SSSR count). The largest absolute Gasteiger partial charge is 0.329 e. The number of hydrogen-bond donors (Lipinski definition) is 1. The van der Waals surface area contributed by atoms with Gasteiger partial charge in [-0.15, -0.1) is 0 Å². The number of aryl methyl sites for hydroxylation is 1. The predicted molar refractivity (Wildman–Crippen MR) is 69.0 cm³/mol. The SMILES string of the molecule is Cc1nc2c(n1C1CCCCC1C)CCNC2. The first-order valence-electron chi connectivity index (χ1n) is 7.04. The van der Waals surface area contributed by atoms with Crippen LogP contribution in [0.1, 0.15) is 55.9 Å². The molecule has 2 atom stereocenters. The summed E-state index contributed by atoms with van der Waals surface area (Å²) in [6.45, 7) is 6.67. The molecule has 0 radical (unpaired) electrons. The molecule has 0 spiro atoms. The first kappa shape index (κ1) is 11.3. The van der Waals surface area contributed by atoms with Crippen molar-refractivity contribution in [3.8, 4) is 0 Å². The lowest BCUT2D eigenvalue weighted by Gasteiger charge is -2.32. The van der Waals surface area contributed by atoms with Gasteiger partial charge in [0, 0.05) is 31.2 Å².